The van der Waals surface area contributed by atoms with Crippen molar-refractivity contribution in [2.24, 2.45) is 5.92 Å². The van der Waals surface area contributed by atoms with E-state index in [1.807, 2.05) is 6.07 Å². The number of anilines is 2. The van der Waals surface area contributed by atoms with Gasteiger partial charge >= 0.3 is 0 Å². The molecule has 0 saturated carbocycles. The Bertz CT molecular complexity index is 574. The van der Waals surface area contributed by atoms with Crippen molar-refractivity contribution in [1.29, 1.82) is 0 Å². The Labute approximate surface area is 153 Å². The van der Waals surface area contributed by atoms with Gasteiger partial charge in [-0.25, -0.2) is 4.98 Å². The van der Waals surface area contributed by atoms with Crippen LogP contribution in [0.5, 0.6) is 0 Å². The standard InChI is InChI=1S/C16H24ClN5OS/c1-11-4-6-22(7-5-11)14-9-13(17)19-15(20-14)21-16(24)18-10-12-3-2-8-23-12/h9,11-12H,2-8,10H2,1H3,(H2,18,19,20,21,24). The van der Waals surface area contributed by atoms with E-state index in [1.54, 1.807) is 0 Å². The van der Waals surface area contributed by atoms with Crippen molar-refractivity contribution in [3.8, 4) is 0 Å². The summed E-state index contributed by atoms with van der Waals surface area (Å²) < 4.78 is 5.57. The SMILES string of the molecule is CC1CCN(c2cc(Cl)nc(NC(=S)NCC3CCCO3)n2)CC1. The van der Waals surface area contributed by atoms with Gasteiger partial charge in [0, 0.05) is 32.3 Å². The fraction of sp³-hybridized carbons (Fsp3) is 0.688. The average Bonchev–Trinajstić information content (AvgIpc) is 3.06. The average molecular weight is 370 g/mol. The predicted molar refractivity (Wildman–Crippen MR) is 101 cm³/mol. The Hall–Kier alpha value is -1.18. The van der Waals surface area contributed by atoms with Crippen LogP contribution in [-0.4, -0.2) is 47.4 Å². The van der Waals surface area contributed by atoms with Crippen molar-refractivity contribution in [2.45, 2.75) is 38.7 Å². The van der Waals surface area contributed by atoms with Gasteiger partial charge in [0.05, 0.1) is 6.10 Å². The number of rotatable bonds is 4. The highest BCUT2D eigenvalue weighted by molar-refractivity contribution is 7.80. The summed E-state index contributed by atoms with van der Waals surface area (Å²) in [7, 11) is 0. The molecule has 132 valence electrons. The number of nitrogens with zero attached hydrogens (tertiary/aromatic N) is 3. The molecule has 2 aliphatic rings. The first-order valence-corrected chi connectivity index (χ1v) is 9.35. The molecule has 3 heterocycles. The Balaban J connectivity index is 1.57. The second kappa shape index (κ2) is 8.27. The first-order valence-electron chi connectivity index (χ1n) is 8.56. The summed E-state index contributed by atoms with van der Waals surface area (Å²) in [5.41, 5.74) is 0. The van der Waals surface area contributed by atoms with Crippen LogP contribution in [0, 0.1) is 5.92 Å². The van der Waals surface area contributed by atoms with Gasteiger partial charge < -0.3 is 20.3 Å². The third-order valence-corrected chi connectivity index (χ3v) is 4.97. The molecule has 24 heavy (non-hydrogen) atoms. The molecule has 1 aromatic rings. The summed E-state index contributed by atoms with van der Waals surface area (Å²) in [5, 5.41) is 7.09. The number of nitrogens with one attached hydrogen (secondary N) is 2. The summed E-state index contributed by atoms with van der Waals surface area (Å²) in [4.78, 5) is 11.0. The van der Waals surface area contributed by atoms with Gasteiger partial charge in [-0.2, -0.15) is 4.98 Å². The van der Waals surface area contributed by atoms with Crippen molar-refractivity contribution in [3.05, 3.63) is 11.2 Å². The number of thiocarbonyl (C=S) groups is 1. The number of hydrogen-bond donors (Lipinski definition) is 2. The molecule has 1 atom stereocenters. The van der Waals surface area contributed by atoms with Crippen LogP contribution in [-0.2, 0) is 4.74 Å². The highest BCUT2D eigenvalue weighted by Crippen LogP contribution is 2.24. The molecular formula is C16H24ClN5OS. The van der Waals surface area contributed by atoms with E-state index in [0.29, 0.717) is 22.8 Å². The molecule has 0 bridgehead atoms. The second-order valence-electron chi connectivity index (χ2n) is 6.51. The molecule has 0 amide bonds. The zero-order valence-corrected chi connectivity index (χ0v) is 15.5. The van der Waals surface area contributed by atoms with Crippen molar-refractivity contribution in [3.63, 3.8) is 0 Å². The minimum absolute atomic E-state index is 0.232. The maximum Gasteiger partial charge on any atom is 0.232 e. The van der Waals surface area contributed by atoms with Crippen LogP contribution in [0.25, 0.3) is 0 Å². The van der Waals surface area contributed by atoms with Gasteiger partial charge in [-0.05, 0) is 43.8 Å². The maximum absolute atomic E-state index is 6.16. The maximum atomic E-state index is 6.16. The number of aromatic nitrogens is 2. The largest absolute Gasteiger partial charge is 0.376 e. The van der Waals surface area contributed by atoms with Gasteiger partial charge in [-0.3, -0.25) is 0 Å². The third kappa shape index (κ3) is 4.91. The molecule has 0 spiro atoms. The normalized spacial score (nSPS) is 21.8. The summed E-state index contributed by atoms with van der Waals surface area (Å²) in [6, 6.07) is 1.81. The quantitative estimate of drug-likeness (QED) is 0.625. The van der Waals surface area contributed by atoms with Crippen molar-refractivity contribution in [2.75, 3.05) is 36.5 Å². The van der Waals surface area contributed by atoms with Crippen LogP contribution >= 0.6 is 23.8 Å². The summed E-state index contributed by atoms with van der Waals surface area (Å²) >= 11 is 11.5. The van der Waals surface area contributed by atoms with E-state index in [4.69, 9.17) is 28.6 Å². The first kappa shape index (κ1) is 17.6. The van der Waals surface area contributed by atoms with E-state index < -0.39 is 0 Å². The lowest BCUT2D eigenvalue weighted by molar-refractivity contribution is 0.114. The van der Waals surface area contributed by atoms with Crippen LogP contribution < -0.4 is 15.5 Å². The van der Waals surface area contributed by atoms with Gasteiger partial charge in [-0.15, -0.1) is 0 Å². The van der Waals surface area contributed by atoms with Crippen molar-refractivity contribution >= 4 is 40.7 Å². The zero-order chi connectivity index (χ0) is 16.9. The van der Waals surface area contributed by atoms with E-state index in [2.05, 4.69) is 32.4 Å². The number of piperidine rings is 1. The molecule has 3 rings (SSSR count). The Morgan fingerprint density at radius 2 is 2.17 bits per heavy atom. The molecule has 2 aliphatic heterocycles. The molecule has 2 N–H and O–H groups in total. The molecule has 0 aromatic carbocycles. The molecule has 2 fully saturated rings. The lowest BCUT2D eigenvalue weighted by Gasteiger charge is -2.31. The molecule has 2 saturated heterocycles. The summed E-state index contributed by atoms with van der Waals surface area (Å²) in [6.45, 7) is 5.81. The molecule has 1 unspecified atom stereocenters. The molecule has 1 aromatic heterocycles. The lowest BCUT2D eigenvalue weighted by Crippen LogP contribution is -2.36. The van der Waals surface area contributed by atoms with Crippen LogP contribution in [0.15, 0.2) is 6.07 Å². The molecule has 8 heteroatoms. The molecule has 0 radical (unpaired) electrons. The Morgan fingerprint density at radius 1 is 1.38 bits per heavy atom. The number of halogens is 1. The van der Waals surface area contributed by atoms with Gasteiger partial charge in [0.2, 0.25) is 5.95 Å². The van der Waals surface area contributed by atoms with E-state index in [0.717, 1.165) is 44.3 Å². The van der Waals surface area contributed by atoms with E-state index in [1.165, 1.54) is 12.8 Å². The van der Waals surface area contributed by atoms with E-state index >= 15 is 0 Å². The first-order chi connectivity index (χ1) is 11.6. The van der Waals surface area contributed by atoms with Crippen LogP contribution in [0.3, 0.4) is 0 Å². The van der Waals surface area contributed by atoms with Crippen LogP contribution in [0.2, 0.25) is 5.15 Å². The van der Waals surface area contributed by atoms with Crippen LogP contribution in [0.1, 0.15) is 32.6 Å². The molecule has 6 nitrogen and oxygen atoms in total. The topological polar surface area (TPSA) is 62.3 Å². The van der Waals surface area contributed by atoms with E-state index in [9.17, 15) is 0 Å². The fourth-order valence-corrected chi connectivity index (χ4v) is 3.37. The highest BCUT2D eigenvalue weighted by Gasteiger charge is 2.19. The van der Waals surface area contributed by atoms with Crippen LogP contribution in [0.4, 0.5) is 11.8 Å². The number of ether oxygens (including phenoxy) is 1. The second-order valence-corrected chi connectivity index (χ2v) is 7.31. The minimum Gasteiger partial charge on any atom is -0.376 e. The number of hydrogen-bond acceptors (Lipinski definition) is 5. The van der Waals surface area contributed by atoms with Crippen molar-refractivity contribution in [1.82, 2.24) is 15.3 Å². The van der Waals surface area contributed by atoms with E-state index in [-0.39, 0.29) is 6.10 Å². The van der Waals surface area contributed by atoms with Gasteiger partial charge in [0.1, 0.15) is 11.0 Å². The Kier molecular flexibility index (Phi) is 6.08. The van der Waals surface area contributed by atoms with Crippen molar-refractivity contribution < 1.29 is 4.74 Å². The third-order valence-electron chi connectivity index (χ3n) is 4.53. The fourth-order valence-electron chi connectivity index (χ4n) is 3.02. The van der Waals surface area contributed by atoms with Gasteiger partial charge in [0.15, 0.2) is 5.11 Å². The smallest absolute Gasteiger partial charge is 0.232 e. The van der Waals surface area contributed by atoms with Gasteiger partial charge in [0.25, 0.3) is 0 Å². The highest BCUT2D eigenvalue weighted by atomic mass is 35.5. The summed E-state index contributed by atoms with van der Waals surface area (Å²) in [6.07, 6.45) is 4.76. The molecular weight excluding hydrogens is 346 g/mol. The Morgan fingerprint density at radius 3 is 2.88 bits per heavy atom. The minimum atomic E-state index is 0.232. The van der Waals surface area contributed by atoms with Gasteiger partial charge in [-0.1, -0.05) is 18.5 Å². The lowest BCUT2D eigenvalue weighted by atomic mass is 9.99. The predicted octanol–water partition coefficient (Wildman–Crippen LogP) is 2.83. The molecule has 0 aliphatic carbocycles. The monoisotopic (exact) mass is 369 g/mol. The summed E-state index contributed by atoms with van der Waals surface area (Å²) in [5.74, 6) is 2.05. The zero-order valence-electron chi connectivity index (χ0n) is 13.9.